The largest absolute Gasteiger partial charge is 0.750 e. The van der Waals surface area contributed by atoms with E-state index in [0.717, 1.165) is 0 Å². The van der Waals surface area contributed by atoms with Crippen molar-refractivity contribution in [1.29, 1.82) is 0 Å². The van der Waals surface area contributed by atoms with Crippen LogP contribution >= 0.6 is 0 Å². The molecule has 0 saturated heterocycles. The van der Waals surface area contributed by atoms with Gasteiger partial charge in [-0.05, 0) is 0 Å². The number of hydrogen-bond donors (Lipinski definition) is 1. The Morgan fingerprint density at radius 2 is 0.900 bits per heavy atom. The summed E-state index contributed by atoms with van der Waals surface area (Å²) < 4.78 is 24.1. The fraction of sp³-hybridized carbons (Fsp3) is 0. The van der Waals surface area contributed by atoms with Crippen LogP contribution in [0.4, 0.5) is 28.2 Å². The maximum absolute atomic E-state index is 8.56. The zero-order valence-electron chi connectivity index (χ0n) is 4.12. The molecule has 0 radical (unpaired) electrons. The van der Waals surface area contributed by atoms with Gasteiger partial charge in [0.15, 0.2) is 0 Å². The molecule has 0 aliphatic carbocycles. The van der Waals surface area contributed by atoms with E-state index in [2.05, 4.69) is 0 Å². The first-order chi connectivity index (χ1) is 1.73. The second-order valence-corrected chi connectivity index (χ2v) is 0.651. The van der Waals surface area contributed by atoms with E-state index in [0.29, 0.717) is 0 Å². The van der Waals surface area contributed by atoms with E-state index in [1.807, 2.05) is 0 Å². The standard InChI is InChI=1S/6FH.H2O3S/c;;;;;;1-4(2)3/h6*1H;(H2,1,2,3)/p-1. The molecule has 0 fully saturated rings. The average molecular weight is 201 g/mol. The van der Waals surface area contributed by atoms with Crippen LogP contribution in [0.15, 0.2) is 0 Å². The molecule has 0 aromatic rings. The Bertz CT molecular complexity index is 36.0. The van der Waals surface area contributed by atoms with E-state index >= 15 is 0 Å². The Balaban J connectivity index is -0.00000000300. The van der Waals surface area contributed by atoms with E-state index < -0.39 is 11.4 Å². The highest BCUT2D eigenvalue weighted by Gasteiger charge is 1.42. The third-order valence-corrected chi connectivity index (χ3v) is 0. The smallest absolute Gasteiger partial charge is 0.0814 e. The van der Waals surface area contributed by atoms with Crippen molar-refractivity contribution in [1.82, 2.24) is 0 Å². The molecule has 0 aromatic carbocycles. The van der Waals surface area contributed by atoms with Gasteiger partial charge in [-0.1, -0.05) is 0 Å². The maximum Gasteiger partial charge on any atom is 0.0814 e. The van der Waals surface area contributed by atoms with Gasteiger partial charge in [-0.2, -0.15) is 0 Å². The van der Waals surface area contributed by atoms with Crippen LogP contribution in [0.2, 0.25) is 0 Å². The number of rotatable bonds is 0. The third-order valence-electron chi connectivity index (χ3n) is 0. The summed E-state index contributed by atoms with van der Waals surface area (Å²) in [7, 11) is 0. The Kier molecular flexibility index (Phi) is 741. The molecule has 10 heteroatoms. The zero-order valence-corrected chi connectivity index (χ0v) is 4.94. The zero-order chi connectivity index (χ0) is 3.58. The van der Waals surface area contributed by atoms with Crippen molar-refractivity contribution in [2.75, 3.05) is 0 Å². The molecule has 10 heavy (non-hydrogen) atoms. The summed E-state index contributed by atoms with van der Waals surface area (Å²) in [6.45, 7) is 0. The van der Waals surface area contributed by atoms with Gasteiger partial charge < -0.3 is 9.11 Å². The Morgan fingerprint density at radius 3 is 0.900 bits per heavy atom. The van der Waals surface area contributed by atoms with Gasteiger partial charge in [-0.3, -0.25) is 28.2 Å². The van der Waals surface area contributed by atoms with Crippen molar-refractivity contribution in [2.24, 2.45) is 0 Å². The van der Waals surface area contributed by atoms with Crippen molar-refractivity contribution in [3.05, 3.63) is 0 Å². The van der Waals surface area contributed by atoms with Crippen LogP contribution in [0.1, 0.15) is 0 Å². The van der Waals surface area contributed by atoms with E-state index in [9.17, 15) is 0 Å². The first-order valence-corrected chi connectivity index (χ1v) is 1.55. The molecule has 0 rings (SSSR count). The second kappa shape index (κ2) is 72.1. The highest BCUT2D eigenvalue weighted by Crippen LogP contribution is 1.43. The monoisotopic (exact) mass is 201 g/mol. The molecule has 0 spiro atoms. The van der Waals surface area contributed by atoms with Gasteiger partial charge in [0.1, 0.15) is 0 Å². The molecular weight excluding hydrogens is 194 g/mol. The Hall–Kier alpha value is -0.350. The highest BCUT2D eigenvalue weighted by molar-refractivity contribution is 7.73. The molecule has 3 nitrogen and oxygen atoms in total. The number of halogens is 6. The lowest BCUT2D eigenvalue weighted by Gasteiger charge is -1.83. The Labute approximate surface area is 54.1 Å². The summed E-state index contributed by atoms with van der Waals surface area (Å²) >= 11 is -2.86. The molecule has 0 aliphatic rings. The van der Waals surface area contributed by atoms with Crippen LogP contribution in [-0.4, -0.2) is 13.3 Å². The molecule has 0 bridgehead atoms. The lowest BCUT2D eigenvalue weighted by molar-refractivity contribution is 0.436. The summed E-state index contributed by atoms with van der Waals surface area (Å²) in [4.78, 5) is 0. The molecule has 1 atom stereocenters. The fourth-order valence-corrected chi connectivity index (χ4v) is 0. The van der Waals surface area contributed by atoms with Crippen molar-refractivity contribution in [3.63, 3.8) is 0 Å². The van der Waals surface area contributed by atoms with Gasteiger partial charge in [0, 0.05) is 0 Å². The second-order valence-electron chi connectivity index (χ2n) is 0.217. The van der Waals surface area contributed by atoms with E-state index in [1.54, 1.807) is 0 Å². The summed E-state index contributed by atoms with van der Waals surface area (Å²) in [5.41, 5.74) is 0. The molecule has 74 valence electrons. The predicted octanol–water partition coefficient (Wildman–Crippen LogP) is 0.253. The van der Waals surface area contributed by atoms with Crippen LogP contribution < -0.4 is 0 Å². The van der Waals surface area contributed by atoms with E-state index in [-0.39, 0.29) is 28.2 Å². The molecule has 0 aliphatic heterocycles. The average Bonchev–Trinajstić information content (AvgIpc) is 0.811. The molecule has 0 saturated carbocycles. The molecule has 1 unspecified atom stereocenters. The van der Waals surface area contributed by atoms with Crippen molar-refractivity contribution in [3.8, 4) is 0 Å². The maximum atomic E-state index is 8.56. The topological polar surface area (TPSA) is 60.4 Å². The molecular formula is H7F6O3S-. The summed E-state index contributed by atoms with van der Waals surface area (Å²) in [6.07, 6.45) is 0. The Morgan fingerprint density at radius 1 is 0.900 bits per heavy atom. The van der Waals surface area contributed by atoms with Gasteiger partial charge in [0.2, 0.25) is 0 Å². The normalized spacial score (nSPS) is 6.20. The molecule has 0 heterocycles. The highest BCUT2D eigenvalue weighted by atomic mass is 32.2. The predicted molar refractivity (Wildman–Crippen MR) is 26.6 cm³/mol. The van der Waals surface area contributed by atoms with Gasteiger partial charge in [0.05, 0.1) is 11.4 Å². The quantitative estimate of drug-likeness (QED) is 0.451. The van der Waals surface area contributed by atoms with E-state index in [4.69, 9.17) is 13.3 Å². The van der Waals surface area contributed by atoms with Crippen LogP contribution in [0.3, 0.4) is 0 Å². The molecule has 1 N–H and O–H groups in total. The summed E-state index contributed by atoms with van der Waals surface area (Å²) in [5, 5.41) is 0. The van der Waals surface area contributed by atoms with Crippen LogP contribution in [-0.2, 0) is 11.4 Å². The minimum Gasteiger partial charge on any atom is -0.750 e. The van der Waals surface area contributed by atoms with Crippen molar-refractivity contribution < 1.29 is 41.5 Å². The molecule has 0 amide bonds. The third kappa shape index (κ3) is 2760. The fourth-order valence-electron chi connectivity index (χ4n) is 0. The lowest BCUT2D eigenvalue weighted by Crippen LogP contribution is -1.75. The first kappa shape index (κ1) is 103. The van der Waals surface area contributed by atoms with Gasteiger partial charge in [0.25, 0.3) is 0 Å². The van der Waals surface area contributed by atoms with Gasteiger partial charge >= 0.3 is 0 Å². The summed E-state index contributed by atoms with van der Waals surface area (Å²) in [6, 6.07) is 0. The van der Waals surface area contributed by atoms with Crippen molar-refractivity contribution >= 4 is 11.4 Å². The summed E-state index contributed by atoms with van der Waals surface area (Å²) in [5.74, 6) is 0. The minimum atomic E-state index is -2.86. The molecule has 0 aromatic heterocycles. The van der Waals surface area contributed by atoms with Crippen LogP contribution in [0, 0.1) is 0 Å². The van der Waals surface area contributed by atoms with Gasteiger partial charge in [-0.25, -0.2) is 4.21 Å². The van der Waals surface area contributed by atoms with E-state index in [1.165, 1.54) is 0 Å². The van der Waals surface area contributed by atoms with Crippen LogP contribution in [0.25, 0.3) is 0 Å². The lowest BCUT2D eigenvalue weighted by atomic mass is 15.8. The van der Waals surface area contributed by atoms with Crippen LogP contribution in [0.5, 0.6) is 0 Å². The van der Waals surface area contributed by atoms with Crippen molar-refractivity contribution in [2.45, 2.75) is 0 Å². The van der Waals surface area contributed by atoms with Gasteiger partial charge in [-0.15, -0.1) is 0 Å². The SMILES string of the molecule is F.F.F.F.F.F.O=S([O-])O. The number of hydrogen-bond acceptors (Lipinski definition) is 2. The first-order valence-electron chi connectivity index (χ1n) is 0.516. The minimum absolute atomic E-state index is 0.